The topological polar surface area (TPSA) is 132 Å². The van der Waals surface area contributed by atoms with Gasteiger partial charge in [-0.2, -0.15) is 0 Å². The second-order valence-electron chi connectivity index (χ2n) is 10.1. The van der Waals surface area contributed by atoms with Gasteiger partial charge in [-0.25, -0.2) is 4.39 Å². The Hall–Kier alpha value is -1.02. The highest BCUT2D eigenvalue weighted by Crippen LogP contribution is 2.31. The zero-order valence-electron chi connectivity index (χ0n) is 20.9. The molecule has 0 aliphatic carbocycles. The summed E-state index contributed by atoms with van der Waals surface area (Å²) >= 11 is 7.61. The second kappa shape index (κ2) is 12.9. The Morgan fingerprint density at radius 3 is 2.78 bits per heavy atom. The molecule has 3 unspecified atom stereocenters. The third-order valence-electron chi connectivity index (χ3n) is 7.52. The Kier molecular flexibility index (Phi) is 10.1. The van der Waals surface area contributed by atoms with Gasteiger partial charge < -0.3 is 40.7 Å². The fraction of sp³-hybridized carbons (Fsp3) is 0.720. The minimum absolute atomic E-state index is 0.101. The maximum absolute atomic E-state index is 13.5. The summed E-state index contributed by atoms with van der Waals surface area (Å²) in [5, 5.41) is 40.1. The molecule has 0 radical (unpaired) electrons. The molecular weight excluding hydrogens is 525 g/mol. The number of aliphatic hydroxyl groups excluding tert-OH is 3. The Labute approximate surface area is 225 Å². The Morgan fingerprint density at radius 2 is 2.08 bits per heavy atom. The van der Waals surface area contributed by atoms with Crippen molar-refractivity contribution >= 4 is 29.3 Å². The molecule has 3 aliphatic rings. The number of carbonyl (C=O) groups excluding carboxylic acids is 1. The van der Waals surface area contributed by atoms with Crippen molar-refractivity contribution in [3.8, 4) is 0 Å². The zero-order valence-corrected chi connectivity index (χ0v) is 22.5. The summed E-state index contributed by atoms with van der Waals surface area (Å²) in [5.74, 6) is -0.486. The van der Waals surface area contributed by atoms with Crippen molar-refractivity contribution in [2.45, 2.75) is 85.8 Å². The van der Waals surface area contributed by atoms with Gasteiger partial charge in [0.05, 0.1) is 17.5 Å². The van der Waals surface area contributed by atoms with Gasteiger partial charge in [0.15, 0.2) is 0 Å². The molecule has 1 amide bonds. The predicted octanol–water partition coefficient (Wildman–Crippen LogP) is 0.334. The molecule has 3 fully saturated rings. The van der Waals surface area contributed by atoms with E-state index in [9.17, 15) is 24.5 Å². The number of amides is 1. The van der Waals surface area contributed by atoms with Gasteiger partial charge in [0, 0.05) is 31.7 Å². The summed E-state index contributed by atoms with van der Waals surface area (Å²) < 4.78 is 25.5. The van der Waals surface area contributed by atoms with Gasteiger partial charge in [-0.15, -0.1) is 23.4 Å². The average Bonchev–Trinajstić information content (AvgIpc) is 3.15. The van der Waals surface area contributed by atoms with Gasteiger partial charge >= 0.3 is 0 Å². The third kappa shape index (κ3) is 6.77. The summed E-state index contributed by atoms with van der Waals surface area (Å²) in [5.41, 5.74) is 0.104. The predicted molar refractivity (Wildman–Crippen MR) is 139 cm³/mol. The van der Waals surface area contributed by atoms with Crippen molar-refractivity contribution in [2.75, 3.05) is 19.4 Å². The van der Waals surface area contributed by atoms with Crippen molar-refractivity contribution in [3.63, 3.8) is 0 Å². The second-order valence-corrected chi connectivity index (χ2v) is 11.7. The van der Waals surface area contributed by atoms with E-state index in [1.807, 2.05) is 6.07 Å². The number of aliphatic hydroxyl groups is 3. The van der Waals surface area contributed by atoms with E-state index in [0.717, 1.165) is 18.4 Å². The van der Waals surface area contributed by atoms with Crippen molar-refractivity contribution in [1.82, 2.24) is 16.0 Å². The van der Waals surface area contributed by atoms with E-state index in [2.05, 4.69) is 16.0 Å². The van der Waals surface area contributed by atoms with Crippen molar-refractivity contribution in [1.29, 1.82) is 0 Å². The van der Waals surface area contributed by atoms with Gasteiger partial charge in [-0.3, -0.25) is 4.79 Å². The molecule has 0 aromatic heterocycles. The zero-order chi connectivity index (χ0) is 26.7. The van der Waals surface area contributed by atoms with E-state index in [-0.39, 0.29) is 29.8 Å². The summed E-state index contributed by atoms with van der Waals surface area (Å²) in [6.07, 6.45) is -2.16. The molecule has 1 aromatic carbocycles. The first-order valence-electron chi connectivity index (χ1n) is 12.7. The van der Waals surface area contributed by atoms with Gasteiger partial charge in [-0.05, 0) is 43.7 Å². The number of carbonyl (C=O) groups is 1. The molecule has 3 saturated heterocycles. The molecule has 37 heavy (non-hydrogen) atoms. The van der Waals surface area contributed by atoms with Crippen molar-refractivity contribution < 1.29 is 34.0 Å². The van der Waals surface area contributed by atoms with Crippen LogP contribution < -0.4 is 16.0 Å². The molecule has 9 nitrogen and oxygen atoms in total. The van der Waals surface area contributed by atoms with E-state index in [4.69, 9.17) is 21.1 Å². The monoisotopic (exact) mass is 561 g/mol. The minimum atomic E-state index is -1.43. The van der Waals surface area contributed by atoms with Gasteiger partial charge in [0.1, 0.15) is 41.7 Å². The molecule has 0 saturated carbocycles. The van der Waals surface area contributed by atoms with Gasteiger partial charge in [0.2, 0.25) is 5.91 Å². The normalized spacial score (nSPS) is 37.9. The lowest BCUT2D eigenvalue weighted by Crippen LogP contribution is -2.65. The lowest BCUT2D eigenvalue weighted by molar-refractivity contribution is -0.205. The molecule has 6 N–H and O–H groups in total. The smallest absolute Gasteiger partial charge is 0.240 e. The number of ether oxygens (including phenoxy) is 2. The van der Waals surface area contributed by atoms with Crippen LogP contribution in [-0.2, 0) is 20.8 Å². The summed E-state index contributed by atoms with van der Waals surface area (Å²) in [7, 11) is 0. The first-order valence-corrected chi connectivity index (χ1v) is 14.4. The minimum Gasteiger partial charge on any atom is -0.388 e. The number of hydrogen-bond donors (Lipinski definition) is 6. The maximum Gasteiger partial charge on any atom is 0.240 e. The molecule has 4 rings (SSSR count). The van der Waals surface area contributed by atoms with Crippen LogP contribution in [0, 0.1) is 11.7 Å². The number of thioether (sulfide) groups is 1. The van der Waals surface area contributed by atoms with Crippen LogP contribution in [0.25, 0.3) is 0 Å². The van der Waals surface area contributed by atoms with Crippen molar-refractivity contribution in [3.05, 3.63) is 35.6 Å². The third-order valence-corrected chi connectivity index (χ3v) is 8.65. The average molecular weight is 562 g/mol. The van der Waals surface area contributed by atoms with Crippen LogP contribution in [-0.4, -0.2) is 100 Å². The summed E-state index contributed by atoms with van der Waals surface area (Å²) in [4.78, 5) is 13.4. The van der Waals surface area contributed by atoms with Crippen molar-refractivity contribution in [2.24, 2.45) is 5.92 Å². The molecular formula is C25H37ClFN3O6S. The highest BCUT2D eigenvalue weighted by atomic mass is 35.5. The van der Waals surface area contributed by atoms with E-state index in [0.29, 0.717) is 19.7 Å². The van der Waals surface area contributed by atoms with Crippen LogP contribution in [0.2, 0.25) is 0 Å². The summed E-state index contributed by atoms with van der Waals surface area (Å²) in [6.45, 7) is 3.31. The van der Waals surface area contributed by atoms with Gasteiger partial charge in [-0.1, -0.05) is 12.1 Å². The first kappa shape index (κ1) is 29.0. The Bertz CT molecular complexity index is 917. The molecule has 11 atom stereocenters. The number of rotatable bonds is 8. The van der Waals surface area contributed by atoms with Crippen LogP contribution in [0.15, 0.2) is 24.3 Å². The van der Waals surface area contributed by atoms with E-state index in [1.165, 1.54) is 23.9 Å². The number of nitrogens with one attached hydrogen (secondary N) is 3. The molecule has 3 heterocycles. The molecule has 208 valence electrons. The van der Waals surface area contributed by atoms with E-state index < -0.39 is 47.3 Å². The standard InChI is InChI=1S/C25H37ClFN3O6S/c1-12(26)17(23-20(32)19(31)21(33)25(36-23)37-2)30-24(34)18-22-14(11-29-18)9-16(6-7-35-22)28-10-13-4-3-5-15(27)8-13/h3-5,8,12,14,16-23,25,28-29,31-33H,6-7,9-11H2,1-2H3,(H,30,34)/t12-,14-,16?,17+,18-,19+,20?,21+,22+,23+,25?/m0/s1. The number of fused-ring (bicyclic) bond motifs is 1. The molecule has 0 bridgehead atoms. The lowest BCUT2D eigenvalue weighted by Gasteiger charge is -2.44. The molecule has 12 heteroatoms. The van der Waals surface area contributed by atoms with Crippen LogP contribution in [0.5, 0.6) is 0 Å². The fourth-order valence-corrected chi connectivity index (χ4v) is 6.36. The van der Waals surface area contributed by atoms with Crippen LogP contribution >= 0.6 is 23.4 Å². The van der Waals surface area contributed by atoms with Gasteiger partial charge in [0.25, 0.3) is 0 Å². The quantitative estimate of drug-likeness (QED) is 0.249. The molecule has 0 spiro atoms. The van der Waals surface area contributed by atoms with E-state index in [1.54, 1.807) is 19.2 Å². The number of benzene rings is 1. The summed E-state index contributed by atoms with van der Waals surface area (Å²) in [6, 6.07) is 5.26. The Morgan fingerprint density at radius 1 is 1.30 bits per heavy atom. The first-order chi connectivity index (χ1) is 17.7. The van der Waals surface area contributed by atoms with E-state index >= 15 is 0 Å². The molecule has 1 aromatic rings. The highest BCUT2D eigenvalue weighted by molar-refractivity contribution is 7.99. The van der Waals surface area contributed by atoms with Crippen LogP contribution in [0.1, 0.15) is 25.3 Å². The fourth-order valence-electron chi connectivity index (χ4n) is 5.48. The van der Waals surface area contributed by atoms with Crippen LogP contribution in [0.3, 0.4) is 0 Å². The lowest BCUT2D eigenvalue weighted by atomic mass is 9.92. The largest absolute Gasteiger partial charge is 0.388 e. The maximum atomic E-state index is 13.5. The SMILES string of the molecule is CSC1O[C@H]([C@H](NC(=O)[C@H]2NC[C@@H]3CC(NCc4cccc(F)c4)CCO[C@H]32)[C@H](C)Cl)C(O)[C@@H](O)[C@H]1O. The molecule has 3 aliphatic heterocycles. The number of alkyl halides is 1. The number of hydrogen-bond acceptors (Lipinski definition) is 9. The Balaban J connectivity index is 1.37. The highest BCUT2D eigenvalue weighted by Gasteiger charge is 2.49. The van der Waals surface area contributed by atoms with Crippen LogP contribution in [0.4, 0.5) is 4.39 Å². The number of halogens is 2.